The van der Waals surface area contributed by atoms with Crippen LogP contribution in [0.5, 0.6) is 0 Å². The summed E-state index contributed by atoms with van der Waals surface area (Å²) in [5.74, 6) is -4.75. The summed E-state index contributed by atoms with van der Waals surface area (Å²) in [5.41, 5.74) is 0. The van der Waals surface area contributed by atoms with Gasteiger partial charge in [-0.15, -0.1) is 0 Å². The molecule has 8 nitrogen and oxygen atoms in total. The van der Waals surface area contributed by atoms with Crippen molar-refractivity contribution >= 4 is 30.0 Å². The Balaban J connectivity index is 2.10. The number of methoxy groups -OCH3 is 1. The molecule has 21 heavy (non-hydrogen) atoms. The number of rotatable bonds is 3. The Morgan fingerprint density at radius 3 is 2.48 bits per heavy atom. The predicted octanol–water partition coefficient (Wildman–Crippen LogP) is 1.22. The molecule has 2 rings (SSSR count). The Morgan fingerprint density at radius 2 is 1.90 bits per heavy atom. The lowest BCUT2D eigenvalue weighted by atomic mass is 10.1. The van der Waals surface area contributed by atoms with Gasteiger partial charge in [0.15, 0.2) is 5.92 Å². The number of aliphatic imine (C=N–C) groups is 1. The van der Waals surface area contributed by atoms with Gasteiger partial charge in [-0.05, 0) is 6.07 Å². The molecule has 1 aromatic rings. The summed E-state index contributed by atoms with van der Waals surface area (Å²) in [6.45, 7) is 2.90. The SMILES string of the molecule is COC(=O)c1ccc(/N=C/C2C(=O)OC(C)(C)OC2=O)o1. The van der Waals surface area contributed by atoms with Crippen LogP contribution in [0.15, 0.2) is 21.5 Å². The number of esters is 3. The van der Waals surface area contributed by atoms with Gasteiger partial charge in [0, 0.05) is 26.1 Å². The van der Waals surface area contributed by atoms with Crippen molar-refractivity contribution in [3.8, 4) is 0 Å². The van der Waals surface area contributed by atoms with Crippen molar-refractivity contribution in [2.24, 2.45) is 10.9 Å². The first-order valence-electron chi connectivity index (χ1n) is 6.00. The first-order chi connectivity index (χ1) is 9.82. The van der Waals surface area contributed by atoms with E-state index in [0.717, 1.165) is 6.21 Å². The minimum atomic E-state index is -1.29. The highest BCUT2D eigenvalue weighted by Crippen LogP contribution is 2.23. The molecule has 0 spiro atoms. The quantitative estimate of drug-likeness (QED) is 0.469. The van der Waals surface area contributed by atoms with Crippen molar-refractivity contribution in [2.45, 2.75) is 19.6 Å². The topological polar surface area (TPSA) is 104 Å². The molecule has 0 saturated carbocycles. The summed E-state index contributed by atoms with van der Waals surface area (Å²) >= 11 is 0. The summed E-state index contributed by atoms with van der Waals surface area (Å²) < 4.78 is 19.4. The number of furan rings is 1. The van der Waals surface area contributed by atoms with Crippen LogP contribution in [-0.4, -0.2) is 37.0 Å². The van der Waals surface area contributed by atoms with Crippen LogP contribution >= 0.6 is 0 Å². The summed E-state index contributed by atoms with van der Waals surface area (Å²) in [4.78, 5) is 38.4. The lowest BCUT2D eigenvalue weighted by Crippen LogP contribution is -2.46. The highest BCUT2D eigenvalue weighted by Gasteiger charge is 2.42. The zero-order valence-electron chi connectivity index (χ0n) is 11.6. The molecule has 1 aliphatic rings. The van der Waals surface area contributed by atoms with E-state index in [-0.39, 0.29) is 11.6 Å². The molecule has 8 heteroatoms. The zero-order chi connectivity index (χ0) is 15.6. The van der Waals surface area contributed by atoms with E-state index in [1.165, 1.54) is 33.1 Å². The largest absolute Gasteiger partial charge is 0.463 e. The Bertz CT molecular complexity index is 594. The van der Waals surface area contributed by atoms with E-state index in [0.29, 0.717) is 0 Å². The van der Waals surface area contributed by atoms with Gasteiger partial charge in [0.05, 0.1) is 7.11 Å². The minimum absolute atomic E-state index is 0.0421. The number of ether oxygens (including phenoxy) is 3. The summed E-state index contributed by atoms with van der Waals surface area (Å²) in [6.07, 6.45) is 1.04. The molecule has 1 aliphatic heterocycles. The highest BCUT2D eigenvalue weighted by molar-refractivity contribution is 6.10. The standard InChI is InChI=1S/C13H13NO7/c1-13(2)20-10(15)7(11(16)21-13)6-14-9-5-4-8(19-9)12(17)18-3/h4-7H,1-3H3/b14-6+. The fraction of sp³-hybridized carbons (Fsp3) is 0.385. The van der Waals surface area contributed by atoms with E-state index in [9.17, 15) is 14.4 Å². The van der Waals surface area contributed by atoms with Gasteiger partial charge in [-0.1, -0.05) is 0 Å². The van der Waals surface area contributed by atoms with E-state index >= 15 is 0 Å². The third kappa shape index (κ3) is 3.28. The van der Waals surface area contributed by atoms with Gasteiger partial charge < -0.3 is 18.6 Å². The van der Waals surface area contributed by atoms with Gasteiger partial charge >= 0.3 is 17.9 Å². The molecule has 1 aromatic heterocycles. The minimum Gasteiger partial charge on any atom is -0.463 e. The van der Waals surface area contributed by atoms with E-state index < -0.39 is 29.6 Å². The van der Waals surface area contributed by atoms with E-state index in [4.69, 9.17) is 13.9 Å². The van der Waals surface area contributed by atoms with Crippen LogP contribution in [-0.2, 0) is 23.8 Å². The van der Waals surface area contributed by atoms with Gasteiger partial charge in [-0.25, -0.2) is 9.79 Å². The fourth-order valence-corrected chi connectivity index (χ4v) is 1.61. The van der Waals surface area contributed by atoms with Crippen molar-refractivity contribution in [3.63, 3.8) is 0 Å². The van der Waals surface area contributed by atoms with Crippen LogP contribution in [0.3, 0.4) is 0 Å². The van der Waals surface area contributed by atoms with Gasteiger partial charge in [-0.3, -0.25) is 9.59 Å². The number of carbonyl (C=O) groups is 3. The molecule has 112 valence electrons. The van der Waals surface area contributed by atoms with Crippen LogP contribution in [0.2, 0.25) is 0 Å². The number of hydrogen-bond acceptors (Lipinski definition) is 8. The molecule has 0 aromatic carbocycles. The summed E-state index contributed by atoms with van der Waals surface area (Å²) in [5, 5.41) is 0. The Labute approximate surface area is 119 Å². The maximum absolute atomic E-state index is 11.7. The van der Waals surface area contributed by atoms with Crippen LogP contribution in [0.25, 0.3) is 0 Å². The van der Waals surface area contributed by atoms with Crippen LogP contribution < -0.4 is 0 Å². The lowest BCUT2D eigenvalue weighted by molar-refractivity contribution is -0.235. The molecule has 0 amide bonds. The fourth-order valence-electron chi connectivity index (χ4n) is 1.61. The van der Waals surface area contributed by atoms with Crippen molar-refractivity contribution < 1.29 is 33.0 Å². The second kappa shape index (κ2) is 5.39. The maximum Gasteiger partial charge on any atom is 0.374 e. The molecule has 0 unspecified atom stereocenters. The Morgan fingerprint density at radius 1 is 1.29 bits per heavy atom. The van der Waals surface area contributed by atoms with Gasteiger partial charge in [0.2, 0.25) is 11.6 Å². The third-order valence-corrected chi connectivity index (χ3v) is 2.53. The van der Waals surface area contributed by atoms with Gasteiger partial charge in [0.25, 0.3) is 5.79 Å². The van der Waals surface area contributed by atoms with Crippen molar-refractivity contribution in [1.29, 1.82) is 0 Å². The molecule has 0 N–H and O–H groups in total. The lowest BCUT2D eigenvalue weighted by Gasteiger charge is -2.31. The number of carbonyl (C=O) groups excluding carboxylic acids is 3. The molecular formula is C13H13NO7. The average molecular weight is 295 g/mol. The molecule has 0 bridgehead atoms. The molecule has 2 heterocycles. The van der Waals surface area contributed by atoms with Crippen molar-refractivity contribution in [3.05, 3.63) is 17.9 Å². The molecule has 0 radical (unpaired) electrons. The highest BCUT2D eigenvalue weighted by atomic mass is 16.7. The predicted molar refractivity (Wildman–Crippen MR) is 68.0 cm³/mol. The number of hydrogen-bond donors (Lipinski definition) is 0. The monoisotopic (exact) mass is 295 g/mol. The van der Waals surface area contributed by atoms with Gasteiger partial charge in [0.1, 0.15) is 0 Å². The summed E-state index contributed by atoms with van der Waals surface area (Å²) in [7, 11) is 1.21. The van der Waals surface area contributed by atoms with Crippen molar-refractivity contribution in [1.82, 2.24) is 0 Å². The first kappa shape index (κ1) is 14.8. The van der Waals surface area contributed by atoms with Crippen LogP contribution in [0, 0.1) is 5.92 Å². The van der Waals surface area contributed by atoms with Gasteiger partial charge in [-0.2, -0.15) is 0 Å². The second-order valence-corrected chi connectivity index (χ2v) is 4.63. The number of nitrogens with zero attached hydrogens (tertiary/aromatic N) is 1. The maximum atomic E-state index is 11.7. The van der Waals surface area contributed by atoms with Crippen molar-refractivity contribution in [2.75, 3.05) is 7.11 Å². The smallest absolute Gasteiger partial charge is 0.374 e. The molecule has 0 aliphatic carbocycles. The third-order valence-electron chi connectivity index (χ3n) is 2.53. The van der Waals surface area contributed by atoms with E-state index in [2.05, 4.69) is 9.73 Å². The average Bonchev–Trinajstić information content (AvgIpc) is 2.84. The molecular weight excluding hydrogens is 282 g/mol. The second-order valence-electron chi connectivity index (χ2n) is 4.63. The Hall–Kier alpha value is -2.64. The molecule has 0 atom stereocenters. The van der Waals surface area contributed by atoms with Crippen LogP contribution in [0.1, 0.15) is 24.4 Å². The van der Waals surface area contributed by atoms with E-state index in [1.54, 1.807) is 0 Å². The molecule has 1 fully saturated rings. The molecule has 1 saturated heterocycles. The van der Waals surface area contributed by atoms with Crippen LogP contribution in [0.4, 0.5) is 5.88 Å². The summed E-state index contributed by atoms with van der Waals surface area (Å²) in [6, 6.07) is 2.76. The Kier molecular flexibility index (Phi) is 3.79. The number of cyclic esters (lactones) is 2. The normalized spacial score (nSPS) is 18.4. The van der Waals surface area contributed by atoms with E-state index in [1.807, 2.05) is 0 Å². The zero-order valence-corrected chi connectivity index (χ0v) is 11.6. The first-order valence-corrected chi connectivity index (χ1v) is 6.00.